The third-order valence-electron chi connectivity index (χ3n) is 10.1. The van der Waals surface area contributed by atoms with Gasteiger partial charge in [-0.2, -0.15) is 0 Å². The number of hydrogen-bond donors (Lipinski definition) is 1. The smallest absolute Gasteiger partial charge is 0.173 e. The van der Waals surface area contributed by atoms with Gasteiger partial charge in [-0.05, 0) is 66.1 Å². The van der Waals surface area contributed by atoms with Crippen LogP contribution in [0.5, 0.6) is 0 Å². The highest BCUT2D eigenvalue weighted by molar-refractivity contribution is 9.24. The van der Waals surface area contributed by atoms with Gasteiger partial charge in [-0.3, -0.25) is 0 Å². The minimum Gasteiger partial charge on any atom is -0.365 e. The fraction of sp³-hybridized carbons (Fsp3) is 1.00. The number of rotatable bonds is 1. The van der Waals surface area contributed by atoms with Crippen molar-refractivity contribution < 1.29 is 9.84 Å². The van der Waals surface area contributed by atoms with Crippen molar-refractivity contribution in [3.8, 4) is 0 Å². The average molecular weight is 414 g/mol. The number of halogens is 2. The van der Waals surface area contributed by atoms with Gasteiger partial charge < -0.3 is 9.84 Å². The average Bonchev–Trinajstić information content (AvgIpc) is 3.06. The van der Waals surface area contributed by atoms with E-state index in [2.05, 4.69) is 31.9 Å². The van der Waals surface area contributed by atoms with Crippen LogP contribution in [0.25, 0.3) is 0 Å². The Kier molecular flexibility index (Phi) is 1.49. The van der Waals surface area contributed by atoms with Crippen molar-refractivity contribution in [2.24, 2.45) is 71.0 Å². The van der Waals surface area contributed by atoms with Crippen LogP contribution in [-0.2, 0) is 4.74 Å². The van der Waals surface area contributed by atoms with Crippen LogP contribution in [0.4, 0.5) is 0 Å². The van der Waals surface area contributed by atoms with Crippen molar-refractivity contribution >= 4 is 31.9 Å². The first kappa shape index (κ1) is 11.4. The molecule has 1 saturated heterocycles. The first-order valence-corrected chi connectivity index (χ1v) is 10.7. The fourth-order valence-electron chi connectivity index (χ4n) is 10.8. The zero-order valence-electron chi connectivity index (χ0n) is 11.5. The van der Waals surface area contributed by atoms with Gasteiger partial charge in [0.2, 0.25) is 0 Å². The first-order chi connectivity index (χ1) is 10.1. The van der Waals surface area contributed by atoms with E-state index in [4.69, 9.17) is 4.74 Å². The van der Waals surface area contributed by atoms with Crippen LogP contribution in [0.15, 0.2) is 0 Å². The summed E-state index contributed by atoms with van der Waals surface area (Å²) in [6, 6.07) is 0. The maximum atomic E-state index is 11.6. The molecule has 4 heteroatoms. The number of hydrogen-bond acceptors (Lipinski definition) is 2. The van der Waals surface area contributed by atoms with Crippen LogP contribution in [0.3, 0.4) is 0 Å². The molecule has 8 aliphatic rings. The lowest BCUT2D eigenvalue weighted by molar-refractivity contribution is -0.280. The lowest BCUT2D eigenvalue weighted by atomic mass is 9.57. The molecule has 2 nitrogen and oxygen atoms in total. The molecule has 0 aromatic heterocycles. The molecule has 14 atom stereocenters. The van der Waals surface area contributed by atoms with E-state index >= 15 is 0 Å². The molecule has 0 aromatic carbocycles. The number of aliphatic hydroxyl groups is 1. The Morgan fingerprint density at radius 3 is 2.19 bits per heavy atom. The van der Waals surface area contributed by atoms with E-state index in [0.29, 0.717) is 17.8 Å². The highest BCUT2D eigenvalue weighted by Gasteiger charge is 2.97. The Morgan fingerprint density at radius 1 is 0.810 bits per heavy atom. The molecule has 1 N–H and O–H groups in total. The second-order valence-corrected chi connectivity index (χ2v) is 12.5. The topological polar surface area (TPSA) is 29.5 Å². The van der Waals surface area contributed by atoms with Gasteiger partial charge in [-0.15, -0.1) is 0 Å². The van der Waals surface area contributed by atoms with Crippen molar-refractivity contribution in [2.45, 2.75) is 28.0 Å². The molecule has 0 amide bonds. The number of ether oxygens (including phenoxy) is 1. The summed E-state index contributed by atoms with van der Waals surface area (Å²) in [4.78, 5) is 0. The minimum absolute atomic E-state index is 0.0954. The van der Waals surface area contributed by atoms with E-state index in [-0.39, 0.29) is 9.34 Å². The molecule has 1 aliphatic heterocycles. The zero-order chi connectivity index (χ0) is 13.6. The highest BCUT2D eigenvalue weighted by atomic mass is 79.9. The Bertz CT molecular complexity index is 638. The molecule has 0 aromatic rings. The zero-order valence-corrected chi connectivity index (χ0v) is 14.7. The Morgan fingerprint density at radius 2 is 1.43 bits per heavy atom. The van der Waals surface area contributed by atoms with E-state index < -0.39 is 5.79 Å². The lowest BCUT2D eigenvalue weighted by Crippen LogP contribution is -2.54. The van der Waals surface area contributed by atoms with Gasteiger partial charge in [0.1, 0.15) is 5.60 Å². The molecule has 0 spiro atoms. The molecule has 8 fully saturated rings. The summed E-state index contributed by atoms with van der Waals surface area (Å²) in [5, 5.41) is 11.6. The first-order valence-electron chi connectivity index (χ1n) is 8.83. The van der Waals surface area contributed by atoms with Gasteiger partial charge in [0.25, 0.3) is 0 Å². The Labute approximate surface area is 140 Å². The molecule has 0 unspecified atom stereocenters. The molecule has 1 heterocycles. The molecule has 7 aliphatic carbocycles. The van der Waals surface area contributed by atoms with Crippen molar-refractivity contribution in [3.63, 3.8) is 0 Å². The fourth-order valence-corrected chi connectivity index (χ4v) is 12.2. The number of fused-ring (bicyclic) bond motifs is 4. The summed E-state index contributed by atoms with van der Waals surface area (Å²) in [6.07, 6.45) is 2.79. The largest absolute Gasteiger partial charge is 0.365 e. The molecular formula is C17H18Br2O2. The second-order valence-electron chi connectivity index (χ2n) is 9.48. The second kappa shape index (κ2) is 2.74. The van der Waals surface area contributed by atoms with E-state index in [1.807, 2.05) is 0 Å². The van der Waals surface area contributed by atoms with Crippen molar-refractivity contribution in [3.05, 3.63) is 0 Å². The summed E-state index contributed by atoms with van der Waals surface area (Å²) in [6.45, 7) is 0. The molecule has 8 rings (SSSR count). The van der Waals surface area contributed by atoms with Gasteiger partial charge in [0.15, 0.2) is 5.79 Å². The van der Waals surface area contributed by atoms with E-state index in [1.54, 1.807) is 0 Å². The van der Waals surface area contributed by atoms with Crippen molar-refractivity contribution in [1.29, 1.82) is 0 Å². The minimum atomic E-state index is -0.757. The van der Waals surface area contributed by atoms with Crippen LogP contribution in [0, 0.1) is 71.0 Å². The third kappa shape index (κ3) is 0.717. The summed E-state index contributed by atoms with van der Waals surface area (Å²) < 4.78 is 7.00. The van der Waals surface area contributed by atoms with E-state index in [1.165, 1.54) is 12.8 Å². The molecule has 21 heavy (non-hydrogen) atoms. The molecule has 112 valence electrons. The van der Waals surface area contributed by atoms with E-state index in [9.17, 15) is 5.11 Å². The SMILES string of the molecule is O[C@@]12O[C@]3(C(Br)Br)[C@@H]4[C@@H]5CC[C@@H]6[C@@H]5[C@@H]5[C@H]([C@@H]7[C@H]([C@@H]54)[C@@H]3[C@H]71)[C@@H]62. The summed E-state index contributed by atoms with van der Waals surface area (Å²) in [7, 11) is 0. The number of alkyl halides is 2. The summed E-state index contributed by atoms with van der Waals surface area (Å²) in [5.74, 6) is 8.74. The van der Waals surface area contributed by atoms with Gasteiger partial charge in [-0.25, -0.2) is 0 Å². The standard InChI is InChI=1S/C17H18Br2O2/c18-15(19)16-11-3-1-2-4-5(3)6-7(11)9-10-8(6)12(4)17(20,21-16)14(10)13(9)16/h3-15,20H,1-2H2/t3-,4-,5-,6+,7-,8-,9+,10-,11-,12-,13-,14+,16-,17+/m1/s1. The van der Waals surface area contributed by atoms with Crippen LogP contribution in [0.1, 0.15) is 12.8 Å². The van der Waals surface area contributed by atoms with Gasteiger partial charge in [0, 0.05) is 17.8 Å². The molecular weight excluding hydrogens is 396 g/mol. The van der Waals surface area contributed by atoms with E-state index in [0.717, 1.165) is 53.3 Å². The Hall–Kier alpha value is 0.880. The van der Waals surface area contributed by atoms with Gasteiger partial charge in [0.05, 0.1) is 3.74 Å². The van der Waals surface area contributed by atoms with Crippen LogP contribution >= 0.6 is 31.9 Å². The predicted molar refractivity (Wildman–Crippen MR) is 81.5 cm³/mol. The highest BCUT2D eigenvalue weighted by Crippen LogP contribution is 2.94. The quantitative estimate of drug-likeness (QED) is 0.669. The maximum absolute atomic E-state index is 11.6. The molecule has 0 bridgehead atoms. The molecule has 7 saturated carbocycles. The monoisotopic (exact) mass is 412 g/mol. The summed E-state index contributed by atoms with van der Waals surface area (Å²) in [5.41, 5.74) is -0.0954. The normalized spacial score (nSPS) is 85.1. The van der Waals surface area contributed by atoms with Crippen LogP contribution in [0.2, 0.25) is 0 Å². The van der Waals surface area contributed by atoms with Gasteiger partial charge in [-0.1, -0.05) is 31.9 Å². The van der Waals surface area contributed by atoms with Crippen LogP contribution in [-0.4, -0.2) is 20.2 Å². The molecule has 0 radical (unpaired) electrons. The third-order valence-corrected chi connectivity index (χ3v) is 11.6. The van der Waals surface area contributed by atoms with Crippen molar-refractivity contribution in [2.75, 3.05) is 0 Å². The van der Waals surface area contributed by atoms with Crippen molar-refractivity contribution in [1.82, 2.24) is 0 Å². The lowest BCUT2D eigenvalue weighted by Gasteiger charge is -2.47. The summed E-state index contributed by atoms with van der Waals surface area (Å²) >= 11 is 7.75. The maximum Gasteiger partial charge on any atom is 0.173 e. The van der Waals surface area contributed by atoms with Gasteiger partial charge >= 0.3 is 0 Å². The predicted octanol–water partition coefficient (Wildman–Crippen LogP) is 2.83. The van der Waals surface area contributed by atoms with Crippen LogP contribution < -0.4 is 0 Å². The Balaban J connectivity index is 1.54.